The highest BCUT2D eigenvalue weighted by Gasteiger charge is 2.48. The smallest absolute Gasteiger partial charge is 0.256 e. The van der Waals surface area contributed by atoms with Crippen LogP contribution in [0.2, 0.25) is 10.0 Å². The first-order valence-corrected chi connectivity index (χ1v) is 13.8. The molecule has 1 fully saturated rings. The number of carbonyl (C=O) groups is 1. The summed E-state index contributed by atoms with van der Waals surface area (Å²) in [6.45, 7) is 0.528. The number of hydrogen-bond donors (Lipinski definition) is 2. The van der Waals surface area contributed by atoms with Crippen molar-refractivity contribution >= 4 is 29.1 Å². The topological polar surface area (TPSA) is 86.3 Å². The molecule has 6 rings (SSSR count). The summed E-state index contributed by atoms with van der Waals surface area (Å²) < 4.78 is 0. The van der Waals surface area contributed by atoms with E-state index in [0.29, 0.717) is 46.4 Å². The fourth-order valence-corrected chi connectivity index (χ4v) is 5.86. The van der Waals surface area contributed by atoms with E-state index in [1.54, 1.807) is 23.1 Å². The van der Waals surface area contributed by atoms with Gasteiger partial charge in [0.25, 0.3) is 11.5 Å². The zero-order chi connectivity index (χ0) is 27.1. The number of hydrogen-bond acceptors (Lipinski definition) is 4. The average Bonchev–Trinajstić information content (AvgIpc) is 3.77. The molecule has 1 aliphatic heterocycles. The first kappa shape index (κ1) is 25.8. The Kier molecular flexibility index (Phi) is 6.79. The van der Waals surface area contributed by atoms with E-state index in [-0.39, 0.29) is 17.5 Å². The molecular weight excluding hydrogens is 533 g/mol. The number of aliphatic hydroxyl groups is 1. The number of nitrogens with zero attached hydrogens (tertiary/aromatic N) is 2. The second kappa shape index (κ2) is 10.3. The molecule has 6 nitrogen and oxygen atoms in total. The number of benzene rings is 3. The molecule has 1 aromatic heterocycles. The van der Waals surface area contributed by atoms with Gasteiger partial charge < -0.3 is 15.0 Å². The van der Waals surface area contributed by atoms with Crippen molar-refractivity contribution in [2.45, 2.75) is 43.7 Å². The zero-order valence-electron chi connectivity index (χ0n) is 21.2. The Morgan fingerprint density at radius 2 is 1.67 bits per heavy atom. The molecular formula is C31H27Cl2N3O3. The molecule has 2 heterocycles. The van der Waals surface area contributed by atoms with Gasteiger partial charge in [0.05, 0.1) is 23.2 Å². The van der Waals surface area contributed by atoms with E-state index in [0.717, 1.165) is 35.2 Å². The molecule has 1 aliphatic carbocycles. The molecule has 2 aliphatic rings. The molecule has 8 heteroatoms. The van der Waals surface area contributed by atoms with Crippen molar-refractivity contribution in [1.82, 2.24) is 14.9 Å². The van der Waals surface area contributed by atoms with Crippen LogP contribution in [-0.4, -0.2) is 32.4 Å². The Hall–Kier alpha value is -3.45. The number of H-pyrrole nitrogens is 1. The number of rotatable bonds is 5. The summed E-state index contributed by atoms with van der Waals surface area (Å²) in [6.07, 6.45) is 1.66. The van der Waals surface area contributed by atoms with E-state index >= 15 is 0 Å². The van der Waals surface area contributed by atoms with Gasteiger partial charge in [-0.15, -0.1) is 0 Å². The molecule has 0 bridgehead atoms. The highest BCUT2D eigenvalue weighted by Crippen LogP contribution is 2.52. The number of amides is 1. The normalized spacial score (nSPS) is 16.7. The molecule has 2 N–H and O–H groups in total. The highest BCUT2D eigenvalue weighted by molar-refractivity contribution is 6.31. The number of aromatic nitrogens is 2. The number of nitrogens with one attached hydrogen (secondary N) is 1. The largest absolute Gasteiger partial charge is 0.378 e. The molecule has 1 unspecified atom stereocenters. The summed E-state index contributed by atoms with van der Waals surface area (Å²) in [6, 6.07) is 22.4. The van der Waals surface area contributed by atoms with Crippen LogP contribution in [0.5, 0.6) is 0 Å². The molecule has 1 saturated carbocycles. The van der Waals surface area contributed by atoms with Crippen LogP contribution in [0.4, 0.5) is 0 Å². The third kappa shape index (κ3) is 5.00. The lowest BCUT2D eigenvalue weighted by atomic mass is 9.94. The van der Waals surface area contributed by atoms with Crippen molar-refractivity contribution in [2.75, 3.05) is 6.54 Å². The Bertz CT molecular complexity index is 1630. The predicted molar refractivity (Wildman–Crippen MR) is 152 cm³/mol. The Balaban J connectivity index is 1.25. The fraction of sp³-hybridized carbons (Fsp3) is 0.258. The quantitative estimate of drug-likeness (QED) is 0.322. The first-order chi connectivity index (χ1) is 18.8. The molecule has 0 spiro atoms. The van der Waals surface area contributed by atoms with E-state index in [1.165, 1.54) is 0 Å². The molecule has 0 radical (unpaired) electrons. The van der Waals surface area contributed by atoms with E-state index in [1.807, 2.05) is 54.6 Å². The van der Waals surface area contributed by atoms with Gasteiger partial charge in [-0.25, -0.2) is 4.98 Å². The summed E-state index contributed by atoms with van der Waals surface area (Å²) >= 11 is 12.4. The van der Waals surface area contributed by atoms with Crippen molar-refractivity contribution in [1.29, 1.82) is 0 Å². The van der Waals surface area contributed by atoms with Crippen LogP contribution in [0.1, 0.15) is 53.6 Å². The molecule has 0 saturated heterocycles. The molecule has 3 aromatic carbocycles. The number of carbonyl (C=O) groups excluding carboxylic acids is 1. The van der Waals surface area contributed by atoms with Crippen molar-refractivity contribution in [2.24, 2.45) is 0 Å². The summed E-state index contributed by atoms with van der Waals surface area (Å²) in [5, 5.41) is 12.3. The van der Waals surface area contributed by atoms with E-state index in [2.05, 4.69) is 4.98 Å². The van der Waals surface area contributed by atoms with E-state index < -0.39 is 12.0 Å². The predicted octanol–water partition coefficient (Wildman–Crippen LogP) is 5.83. The third-order valence-electron chi connectivity index (χ3n) is 7.78. The van der Waals surface area contributed by atoms with E-state index in [9.17, 15) is 14.7 Å². The third-order valence-corrected chi connectivity index (χ3v) is 8.25. The summed E-state index contributed by atoms with van der Waals surface area (Å²) in [4.78, 5) is 36.2. The zero-order valence-corrected chi connectivity index (χ0v) is 22.7. The van der Waals surface area contributed by atoms with Gasteiger partial charge in [0.15, 0.2) is 6.10 Å². The average molecular weight is 560 g/mol. The van der Waals surface area contributed by atoms with Crippen LogP contribution >= 0.6 is 23.2 Å². The number of halogens is 2. The number of fused-ring (bicyclic) bond motifs is 1. The number of aryl methyl sites for hydroxylation is 1. The van der Waals surface area contributed by atoms with Crippen molar-refractivity contribution in [3.8, 4) is 11.1 Å². The maximum atomic E-state index is 13.4. The monoisotopic (exact) mass is 559 g/mol. The van der Waals surface area contributed by atoms with Gasteiger partial charge in [0, 0.05) is 16.6 Å². The minimum absolute atomic E-state index is 0.103. The van der Waals surface area contributed by atoms with Crippen molar-refractivity contribution in [3.63, 3.8) is 0 Å². The number of aromatic amines is 1. The molecule has 198 valence electrons. The van der Waals surface area contributed by atoms with Gasteiger partial charge >= 0.3 is 0 Å². The molecule has 39 heavy (non-hydrogen) atoms. The Morgan fingerprint density at radius 1 is 0.974 bits per heavy atom. The van der Waals surface area contributed by atoms with E-state index in [4.69, 9.17) is 28.2 Å². The second-order valence-corrected chi connectivity index (χ2v) is 11.2. The standard InChI is InChI=1S/C31H27Cl2N3O3/c32-23-9-2-6-20(16-23)19-5-1-7-21(15-19)27(37)29(39)36-14-4-11-26-25(18-36)28(38)35-30(34-26)31(12-13-31)22-8-3-10-24(33)17-22/h1-3,5-10,15-17,27,37H,4,11-14,18H2,(H,34,35,38). The lowest BCUT2D eigenvalue weighted by Crippen LogP contribution is -2.36. The van der Waals surface area contributed by atoms with Gasteiger partial charge in [0.2, 0.25) is 0 Å². The van der Waals surface area contributed by atoms with Crippen LogP contribution in [-0.2, 0) is 23.2 Å². The SMILES string of the molecule is O=C(C(O)c1cccc(-c2cccc(Cl)c2)c1)N1CCCc2nc(C3(c4cccc(Cl)c4)CC3)[nH]c(=O)c2C1. The molecule has 4 aromatic rings. The fourth-order valence-electron chi connectivity index (χ4n) is 5.48. The minimum atomic E-state index is -1.35. The summed E-state index contributed by atoms with van der Waals surface area (Å²) in [5.74, 6) is 0.221. The van der Waals surface area contributed by atoms with Crippen molar-refractivity contribution < 1.29 is 9.90 Å². The number of aliphatic hydroxyl groups excluding tert-OH is 1. The van der Waals surface area contributed by atoms with Crippen LogP contribution in [0.15, 0.2) is 77.6 Å². The maximum absolute atomic E-state index is 13.4. The van der Waals surface area contributed by atoms with Crippen LogP contribution in [0.25, 0.3) is 11.1 Å². The van der Waals surface area contributed by atoms with Gasteiger partial charge in [0.1, 0.15) is 5.82 Å². The second-order valence-electron chi connectivity index (χ2n) is 10.3. The van der Waals surface area contributed by atoms with Crippen LogP contribution < -0.4 is 5.56 Å². The Labute approximate surface area is 236 Å². The minimum Gasteiger partial charge on any atom is -0.378 e. The molecule has 1 atom stereocenters. The maximum Gasteiger partial charge on any atom is 0.256 e. The van der Waals surface area contributed by atoms with Gasteiger partial charge in [-0.3, -0.25) is 9.59 Å². The Morgan fingerprint density at radius 3 is 2.38 bits per heavy atom. The van der Waals surface area contributed by atoms with Crippen LogP contribution in [0.3, 0.4) is 0 Å². The van der Waals surface area contributed by atoms with Crippen LogP contribution in [0, 0.1) is 0 Å². The lowest BCUT2D eigenvalue weighted by Gasteiger charge is -2.24. The molecule has 1 amide bonds. The van der Waals surface area contributed by atoms with Gasteiger partial charge in [-0.05, 0) is 78.3 Å². The summed E-state index contributed by atoms with van der Waals surface area (Å²) in [5.41, 5.74) is 3.91. The van der Waals surface area contributed by atoms with Gasteiger partial charge in [-0.2, -0.15) is 0 Å². The first-order valence-electron chi connectivity index (χ1n) is 13.1. The van der Waals surface area contributed by atoms with Crippen molar-refractivity contribution in [3.05, 3.63) is 121 Å². The van der Waals surface area contributed by atoms with Gasteiger partial charge in [-0.1, -0.05) is 65.7 Å². The lowest BCUT2D eigenvalue weighted by molar-refractivity contribution is -0.141. The highest BCUT2D eigenvalue weighted by atomic mass is 35.5. The summed E-state index contributed by atoms with van der Waals surface area (Å²) in [7, 11) is 0.